The van der Waals surface area contributed by atoms with Gasteiger partial charge in [0.05, 0.1) is 22.5 Å². The van der Waals surface area contributed by atoms with Crippen molar-refractivity contribution in [3.05, 3.63) is 130 Å². The molecule has 0 bridgehead atoms. The van der Waals surface area contributed by atoms with Crippen molar-refractivity contribution in [2.75, 3.05) is 27.4 Å². The molecule has 0 atom stereocenters. The zero-order chi connectivity index (χ0) is 40.8. The standard InChI is InChI=1S/C26H32N2O3.C22H24N2O3/c1-26(2,3)31-25(29)22-15-20(18-9-10-18)17-27-23(22)16-19-7-5-8-24-21(19)11-13-28(24)12-6-14-30-4;1-27-11-3-9-24-10-8-18-16(4-2-5-21(18)24)13-20-19(22(25)26)12-17(14-23-20)15-6-7-15/h5,7-8,11,13,15,17-18H,6,9-10,12,14,16H2,1-4H3;2,4-5,8,10,12,14-15H,3,6-7,9,11,13H2,1H3,(H,25,26). The molecule has 0 spiro atoms. The summed E-state index contributed by atoms with van der Waals surface area (Å²) in [5, 5.41) is 12.0. The number of carboxylic acids is 1. The van der Waals surface area contributed by atoms with E-state index in [4.69, 9.17) is 19.2 Å². The molecule has 6 aromatic rings. The van der Waals surface area contributed by atoms with Crippen LogP contribution in [0.15, 0.2) is 85.5 Å². The van der Waals surface area contributed by atoms with Crippen LogP contribution >= 0.6 is 0 Å². The Morgan fingerprint density at radius 3 is 1.60 bits per heavy atom. The highest BCUT2D eigenvalue weighted by atomic mass is 16.6. The lowest BCUT2D eigenvalue weighted by Crippen LogP contribution is -2.25. The highest BCUT2D eigenvalue weighted by Gasteiger charge is 2.28. The number of ether oxygens (including phenoxy) is 3. The first-order valence-electron chi connectivity index (χ1n) is 20.6. The monoisotopic (exact) mass is 784 g/mol. The van der Waals surface area contributed by atoms with E-state index in [0.29, 0.717) is 41.5 Å². The number of rotatable bonds is 16. The zero-order valence-electron chi connectivity index (χ0n) is 34.5. The van der Waals surface area contributed by atoms with Crippen molar-refractivity contribution in [3.63, 3.8) is 0 Å². The average Bonchev–Trinajstić information content (AvgIpc) is 4.14. The summed E-state index contributed by atoms with van der Waals surface area (Å²) >= 11 is 0. The predicted octanol–water partition coefficient (Wildman–Crippen LogP) is 9.74. The van der Waals surface area contributed by atoms with Crippen LogP contribution in [0.3, 0.4) is 0 Å². The first-order chi connectivity index (χ1) is 28.0. The summed E-state index contributed by atoms with van der Waals surface area (Å²) < 4.78 is 20.5. The Morgan fingerprint density at radius 2 is 1.17 bits per heavy atom. The molecular weight excluding hydrogens is 729 g/mol. The van der Waals surface area contributed by atoms with Crippen LogP contribution in [-0.2, 0) is 40.1 Å². The lowest BCUT2D eigenvalue weighted by atomic mass is 10.00. The van der Waals surface area contributed by atoms with Crippen LogP contribution in [0.25, 0.3) is 21.8 Å². The summed E-state index contributed by atoms with van der Waals surface area (Å²) in [6.45, 7) is 8.99. The van der Waals surface area contributed by atoms with Crippen LogP contribution in [0.1, 0.15) is 125 Å². The molecule has 0 radical (unpaired) electrons. The highest BCUT2D eigenvalue weighted by molar-refractivity contribution is 5.92. The molecule has 4 heterocycles. The SMILES string of the molecule is COCCCn1ccc2c(Cc3ncc(C4CC4)cc3C(=O)O)cccc21.COCCCn1ccc2c(Cc3ncc(C4CC4)cc3C(=O)OC(C)(C)C)cccc21. The van der Waals surface area contributed by atoms with Gasteiger partial charge >= 0.3 is 11.9 Å². The molecule has 0 amide bonds. The van der Waals surface area contributed by atoms with E-state index < -0.39 is 11.6 Å². The van der Waals surface area contributed by atoms with E-state index in [1.165, 1.54) is 29.3 Å². The Bertz CT molecular complexity index is 2380. The first kappa shape index (κ1) is 40.9. The lowest BCUT2D eigenvalue weighted by molar-refractivity contribution is 0.00675. The second kappa shape index (κ2) is 18.1. The van der Waals surface area contributed by atoms with E-state index in [1.807, 2.05) is 51.4 Å². The van der Waals surface area contributed by atoms with Gasteiger partial charge in [-0.2, -0.15) is 0 Å². The van der Waals surface area contributed by atoms with Crippen LogP contribution in [0.4, 0.5) is 0 Å². The first-order valence-corrected chi connectivity index (χ1v) is 20.6. The number of carbonyl (C=O) groups is 2. The number of methoxy groups -OCH3 is 2. The van der Waals surface area contributed by atoms with Crippen molar-refractivity contribution in [3.8, 4) is 0 Å². The summed E-state index contributed by atoms with van der Waals surface area (Å²) in [4.78, 5) is 34.0. The third-order valence-electron chi connectivity index (χ3n) is 10.9. The van der Waals surface area contributed by atoms with Gasteiger partial charge in [0.25, 0.3) is 0 Å². The lowest BCUT2D eigenvalue weighted by Gasteiger charge is -2.21. The van der Waals surface area contributed by atoms with Crippen LogP contribution < -0.4 is 0 Å². The summed E-state index contributed by atoms with van der Waals surface area (Å²) in [5.74, 6) is -0.160. The minimum absolute atomic E-state index is 0.290. The fourth-order valence-corrected chi connectivity index (χ4v) is 7.67. The number of aromatic carboxylic acids is 1. The van der Waals surface area contributed by atoms with E-state index >= 15 is 0 Å². The van der Waals surface area contributed by atoms with E-state index in [-0.39, 0.29) is 5.97 Å². The smallest absolute Gasteiger partial charge is 0.340 e. The number of carboxylic acid groups (broad SMARTS) is 1. The number of aryl methyl sites for hydroxylation is 2. The summed E-state index contributed by atoms with van der Waals surface area (Å²) in [6.07, 6.45) is 15.7. The van der Waals surface area contributed by atoms with Crippen molar-refractivity contribution >= 4 is 33.7 Å². The maximum absolute atomic E-state index is 13.0. The molecule has 2 saturated carbocycles. The van der Waals surface area contributed by atoms with E-state index in [1.54, 1.807) is 14.2 Å². The highest BCUT2D eigenvalue weighted by Crippen LogP contribution is 2.41. The van der Waals surface area contributed by atoms with Gasteiger partial charge in [-0.25, -0.2) is 9.59 Å². The molecule has 4 aromatic heterocycles. The Labute approximate surface area is 341 Å². The molecule has 2 aromatic carbocycles. The molecule has 304 valence electrons. The number of esters is 1. The minimum atomic E-state index is -0.899. The molecule has 0 aliphatic heterocycles. The number of aromatic nitrogens is 4. The summed E-state index contributed by atoms with van der Waals surface area (Å²) in [7, 11) is 3.45. The number of carbonyl (C=O) groups excluding carboxylic acids is 1. The fourth-order valence-electron chi connectivity index (χ4n) is 7.67. The number of nitrogens with zero attached hydrogens (tertiary/aromatic N) is 4. The molecule has 0 saturated heterocycles. The third kappa shape index (κ3) is 10.0. The second-order valence-electron chi connectivity index (χ2n) is 16.6. The normalized spacial score (nSPS) is 14.1. The Balaban J connectivity index is 0.000000178. The molecule has 58 heavy (non-hydrogen) atoms. The molecule has 10 nitrogen and oxygen atoms in total. The molecule has 2 aliphatic carbocycles. The van der Waals surface area contributed by atoms with Gasteiger partial charge in [0.1, 0.15) is 5.60 Å². The van der Waals surface area contributed by atoms with Crippen LogP contribution in [-0.4, -0.2) is 69.2 Å². The third-order valence-corrected chi connectivity index (χ3v) is 10.9. The number of hydrogen-bond acceptors (Lipinski definition) is 7. The number of pyridine rings is 2. The molecule has 2 aliphatic rings. The van der Waals surface area contributed by atoms with Crippen molar-refractivity contribution in [2.24, 2.45) is 0 Å². The van der Waals surface area contributed by atoms with Crippen LogP contribution in [0.5, 0.6) is 0 Å². The second-order valence-corrected chi connectivity index (χ2v) is 16.6. The van der Waals surface area contributed by atoms with Gasteiger partial charge in [-0.15, -0.1) is 0 Å². The summed E-state index contributed by atoms with van der Waals surface area (Å²) in [5.41, 5.74) is 8.62. The zero-order valence-corrected chi connectivity index (χ0v) is 34.5. The van der Waals surface area contributed by atoms with Crippen molar-refractivity contribution in [1.82, 2.24) is 19.1 Å². The van der Waals surface area contributed by atoms with E-state index in [9.17, 15) is 14.7 Å². The molecule has 8 rings (SSSR count). The topological polar surface area (TPSA) is 118 Å². The predicted molar refractivity (Wildman–Crippen MR) is 227 cm³/mol. The number of fused-ring (bicyclic) bond motifs is 2. The fraction of sp³-hybridized carbons (Fsp3) is 0.417. The van der Waals surface area contributed by atoms with Crippen LogP contribution in [0, 0.1) is 0 Å². The van der Waals surface area contributed by atoms with Gasteiger partial charge in [0, 0.05) is 100.0 Å². The maximum atomic E-state index is 13.0. The summed E-state index contributed by atoms with van der Waals surface area (Å²) in [6, 6.07) is 20.6. The van der Waals surface area contributed by atoms with Gasteiger partial charge in [0.2, 0.25) is 0 Å². The van der Waals surface area contributed by atoms with Gasteiger partial charge in [-0.05, 0) is 130 Å². The quantitative estimate of drug-likeness (QED) is 0.0762. The molecule has 0 unspecified atom stereocenters. The van der Waals surface area contributed by atoms with E-state index in [0.717, 1.165) is 85.3 Å². The molecule has 10 heteroatoms. The maximum Gasteiger partial charge on any atom is 0.340 e. The van der Waals surface area contributed by atoms with Crippen LogP contribution in [0.2, 0.25) is 0 Å². The van der Waals surface area contributed by atoms with Gasteiger partial charge in [-0.1, -0.05) is 24.3 Å². The minimum Gasteiger partial charge on any atom is -0.478 e. The average molecular weight is 785 g/mol. The Kier molecular flexibility index (Phi) is 12.7. The Hall–Kier alpha value is -5.32. The number of benzene rings is 2. The number of hydrogen-bond donors (Lipinski definition) is 1. The largest absolute Gasteiger partial charge is 0.478 e. The molecular formula is C48H56N4O6. The van der Waals surface area contributed by atoms with Gasteiger partial charge in [-0.3, -0.25) is 9.97 Å². The van der Waals surface area contributed by atoms with Crippen molar-refractivity contribution < 1.29 is 28.9 Å². The Morgan fingerprint density at radius 1 is 0.707 bits per heavy atom. The molecule has 1 N–H and O–H groups in total. The van der Waals surface area contributed by atoms with E-state index in [2.05, 4.69) is 69.0 Å². The van der Waals surface area contributed by atoms with Gasteiger partial charge in [0.15, 0.2) is 0 Å². The van der Waals surface area contributed by atoms with Crippen molar-refractivity contribution in [1.29, 1.82) is 0 Å². The van der Waals surface area contributed by atoms with Crippen molar-refractivity contribution in [2.45, 2.75) is 103 Å². The molecule has 2 fully saturated rings. The van der Waals surface area contributed by atoms with Gasteiger partial charge < -0.3 is 28.5 Å².